The maximum Gasteiger partial charge on any atom is 0.259 e. The molecule has 4 heteroatoms. The molecule has 1 heterocycles. The number of rotatable bonds is 3. The lowest BCUT2D eigenvalue weighted by atomic mass is 10.1. The van der Waals surface area contributed by atoms with Gasteiger partial charge in [-0.05, 0) is 30.5 Å². The zero-order valence-corrected chi connectivity index (χ0v) is 15.2. The zero-order chi connectivity index (χ0) is 18.1. The number of hydrogen-bond donors (Lipinski definition) is 1. The summed E-state index contributed by atoms with van der Waals surface area (Å²) in [4.78, 5) is 15.8. The topological polar surface area (TPSA) is 49.9 Å². The van der Waals surface area contributed by atoms with Crippen LogP contribution in [0.3, 0.4) is 0 Å². The summed E-state index contributed by atoms with van der Waals surface area (Å²) in [5.74, 6) is 0. The first-order valence-corrected chi connectivity index (χ1v) is 10.2. The quantitative estimate of drug-likeness (QED) is 0.570. The molecule has 4 rings (SSSR count). The number of aromatic amines is 1. The second kappa shape index (κ2) is 6.44. The molecular weight excluding hydrogens is 341 g/mol. The van der Waals surface area contributed by atoms with Crippen LogP contribution in [0.5, 0.6) is 0 Å². The molecule has 0 bridgehead atoms. The molecule has 0 aliphatic rings. The smallest absolute Gasteiger partial charge is 0.259 e. The van der Waals surface area contributed by atoms with Crippen LogP contribution < -0.4 is 21.5 Å². The summed E-state index contributed by atoms with van der Waals surface area (Å²) in [7, 11) is -3.28. The summed E-state index contributed by atoms with van der Waals surface area (Å²) >= 11 is 0. The predicted octanol–water partition coefficient (Wildman–Crippen LogP) is 3.48. The molecule has 0 saturated heterocycles. The Kier molecular flexibility index (Phi) is 4.10. The first-order chi connectivity index (χ1) is 12.6. The lowest BCUT2D eigenvalue weighted by Gasteiger charge is -2.19. The van der Waals surface area contributed by atoms with Crippen LogP contribution >= 0.6 is 7.14 Å². The van der Waals surface area contributed by atoms with Crippen LogP contribution in [0, 0.1) is 6.92 Å². The maximum atomic E-state index is 14.3. The maximum absolute atomic E-state index is 14.3. The second-order valence-electron chi connectivity index (χ2n) is 6.35. The Morgan fingerprint density at radius 1 is 0.769 bits per heavy atom. The summed E-state index contributed by atoms with van der Waals surface area (Å²) in [6.07, 6.45) is 0. The van der Waals surface area contributed by atoms with Gasteiger partial charge in [0, 0.05) is 16.1 Å². The average Bonchev–Trinajstić information content (AvgIpc) is 2.68. The van der Waals surface area contributed by atoms with E-state index >= 15 is 0 Å². The van der Waals surface area contributed by atoms with Gasteiger partial charge in [0.05, 0.1) is 5.30 Å². The number of H-pyrrole nitrogens is 1. The van der Waals surface area contributed by atoms with Gasteiger partial charge in [-0.15, -0.1) is 0 Å². The standard InChI is InChI=1S/C22H18NO2P/c1-16-12-13-20-17(14-16)15-21(22(24)23-20)26(25,18-8-4-2-5-9-18)19-10-6-3-7-11-19/h2-15H,1H3,(H,23,24). The van der Waals surface area contributed by atoms with Crippen molar-refractivity contribution < 1.29 is 4.57 Å². The lowest BCUT2D eigenvalue weighted by molar-refractivity contribution is 0.592. The monoisotopic (exact) mass is 359 g/mol. The van der Waals surface area contributed by atoms with E-state index in [1.54, 1.807) is 6.07 Å². The SMILES string of the molecule is Cc1ccc2[nH]c(=O)c(P(=O)(c3ccccc3)c3ccccc3)cc2c1. The Hall–Kier alpha value is -2.90. The van der Waals surface area contributed by atoms with Crippen LogP contribution in [0.15, 0.2) is 89.7 Å². The molecule has 1 aromatic heterocycles. The van der Waals surface area contributed by atoms with Crippen molar-refractivity contribution in [2.75, 3.05) is 0 Å². The van der Waals surface area contributed by atoms with Gasteiger partial charge in [-0.25, -0.2) is 0 Å². The number of benzene rings is 3. The highest BCUT2D eigenvalue weighted by Crippen LogP contribution is 2.41. The van der Waals surface area contributed by atoms with Gasteiger partial charge in [-0.3, -0.25) is 4.79 Å². The van der Waals surface area contributed by atoms with Crippen molar-refractivity contribution in [1.82, 2.24) is 4.98 Å². The van der Waals surface area contributed by atoms with Crippen LogP contribution in [0.1, 0.15) is 5.56 Å². The van der Waals surface area contributed by atoms with E-state index in [0.29, 0.717) is 15.9 Å². The van der Waals surface area contributed by atoms with E-state index in [1.807, 2.05) is 85.8 Å². The molecule has 0 saturated carbocycles. The summed E-state index contributed by atoms with van der Waals surface area (Å²) in [5, 5.41) is 2.51. The van der Waals surface area contributed by atoms with E-state index < -0.39 is 7.14 Å². The Balaban J connectivity index is 2.08. The summed E-state index contributed by atoms with van der Waals surface area (Å²) in [6, 6.07) is 26.1. The van der Waals surface area contributed by atoms with Crippen molar-refractivity contribution in [2.45, 2.75) is 6.92 Å². The van der Waals surface area contributed by atoms with E-state index in [0.717, 1.165) is 16.5 Å². The van der Waals surface area contributed by atoms with Crippen LogP contribution in [0.2, 0.25) is 0 Å². The molecule has 3 aromatic carbocycles. The first-order valence-electron chi connectivity index (χ1n) is 8.44. The van der Waals surface area contributed by atoms with E-state index in [9.17, 15) is 9.36 Å². The van der Waals surface area contributed by atoms with Crippen molar-refractivity contribution >= 4 is 34.0 Å². The fourth-order valence-corrected chi connectivity index (χ4v) is 5.95. The van der Waals surface area contributed by atoms with Crippen LogP contribution in [-0.2, 0) is 4.57 Å². The molecule has 4 aromatic rings. The summed E-state index contributed by atoms with van der Waals surface area (Å²) < 4.78 is 14.3. The molecular formula is C22H18NO2P. The van der Waals surface area contributed by atoms with Crippen molar-refractivity contribution in [3.63, 3.8) is 0 Å². The molecule has 0 amide bonds. The predicted molar refractivity (Wildman–Crippen MR) is 109 cm³/mol. The molecule has 0 fully saturated rings. The van der Waals surface area contributed by atoms with Gasteiger partial charge in [0.1, 0.15) is 0 Å². The minimum absolute atomic E-state index is 0.308. The average molecular weight is 359 g/mol. The summed E-state index contributed by atoms with van der Waals surface area (Å²) in [6.45, 7) is 2.00. The van der Waals surface area contributed by atoms with Crippen LogP contribution in [-0.4, -0.2) is 4.98 Å². The van der Waals surface area contributed by atoms with Crippen molar-refractivity contribution in [3.05, 3.63) is 101 Å². The molecule has 3 nitrogen and oxygen atoms in total. The van der Waals surface area contributed by atoms with Gasteiger partial charge in [0.2, 0.25) is 0 Å². The van der Waals surface area contributed by atoms with Gasteiger partial charge in [-0.2, -0.15) is 0 Å². The van der Waals surface area contributed by atoms with Gasteiger partial charge in [-0.1, -0.05) is 72.3 Å². The minimum atomic E-state index is -3.28. The van der Waals surface area contributed by atoms with E-state index in [4.69, 9.17) is 0 Å². The second-order valence-corrected chi connectivity index (χ2v) is 9.09. The van der Waals surface area contributed by atoms with Gasteiger partial charge in [0.25, 0.3) is 5.56 Å². The van der Waals surface area contributed by atoms with E-state index in [1.165, 1.54) is 0 Å². The zero-order valence-electron chi connectivity index (χ0n) is 14.3. The Bertz CT molecular complexity index is 1140. The number of aromatic nitrogens is 1. The third kappa shape index (κ3) is 2.71. The Morgan fingerprint density at radius 3 is 1.92 bits per heavy atom. The van der Waals surface area contributed by atoms with Crippen LogP contribution in [0.25, 0.3) is 10.9 Å². The molecule has 0 aliphatic heterocycles. The highest BCUT2D eigenvalue weighted by Gasteiger charge is 2.32. The molecule has 0 radical (unpaired) electrons. The number of nitrogens with one attached hydrogen (secondary N) is 1. The highest BCUT2D eigenvalue weighted by atomic mass is 31.2. The largest absolute Gasteiger partial charge is 0.321 e. The summed E-state index contributed by atoms with van der Waals surface area (Å²) in [5.41, 5.74) is 1.53. The normalized spacial score (nSPS) is 11.6. The Morgan fingerprint density at radius 2 is 1.35 bits per heavy atom. The molecule has 1 N–H and O–H groups in total. The van der Waals surface area contributed by atoms with Crippen molar-refractivity contribution in [2.24, 2.45) is 0 Å². The molecule has 0 spiro atoms. The first kappa shape index (κ1) is 16.6. The molecule has 26 heavy (non-hydrogen) atoms. The number of pyridine rings is 1. The highest BCUT2D eigenvalue weighted by molar-refractivity contribution is 7.85. The third-order valence-electron chi connectivity index (χ3n) is 4.56. The van der Waals surface area contributed by atoms with E-state index in [2.05, 4.69) is 4.98 Å². The van der Waals surface area contributed by atoms with Gasteiger partial charge < -0.3 is 9.55 Å². The van der Waals surface area contributed by atoms with Crippen LogP contribution in [0.4, 0.5) is 0 Å². The van der Waals surface area contributed by atoms with Crippen molar-refractivity contribution in [3.8, 4) is 0 Å². The Labute approximate surface area is 151 Å². The number of aryl methyl sites for hydroxylation is 1. The molecule has 0 aliphatic carbocycles. The van der Waals surface area contributed by atoms with Gasteiger partial charge in [0.15, 0.2) is 7.14 Å². The number of fused-ring (bicyclic) bond motifs is 1. The minimum Gasteiger partial charge on any atom is -0.321 e. The fourth-order valence-electron chi connectivity index (χ4n) is 3.25. The molecule has 0 atom stereocenters. The molecule has 0 unspecified atom stereocenters. The fraction of sp³-hybridized carbons (Fsp3) is 0.0455. The lowest BCUT2D eigenvalue weighted by Crippen LogP contribution is -2.35. The van der Waals surface area contributed by atoms with E-state index in [-0.39, 0.29) is 5.56 Å². The van der Waals surface area contributed by atoms with Gasteiger partial charge >= 0.3 is 0 Å². The molecule has 128 valence electrons. The third-order valence-corrected chi connectivity index (χ3v) is 7.62. The number of hydrogen-bond acceptors (Lipinski definition) is 2. The van der Waals surface area contributed by atoms with Crippen molar-refractivity contribution in [1.29, 1.82) is 0 Å².